The van der Waals surface area contributed by atoms with Gasteiger partial charge in [0.2, 0.25) is 11.7 Å². The smallest absolute Gasteiger partial charge is 0.492 e. The van der Waals surface area contributed by atoms with E-state index < -0.39 is 17.4 Å². The van der Waals surface area contributed by atoms with E-state index in [-0.39, 0.29) is 45.9 Å². The summed E-state index contributed by atoms with van der Waals surface area (Å²) in [5, 5.41) is 27.0. The second kappa shape index (κ2) is 21.1. The van der Waals surface area contributed by atoms with E-state index in [2.05, 4.69) is 35.9 Å². The molecule has 342 valence electrons. The Morgan fingerprint density at radius 2 is 1.68 bits per heavy atom. The van der Waals surface area contributed by atoms with Crippen LogP contribution in [0.1, 0.15) is 71.8 Å². The maximum absolute atomic E-state index is 13.5. The normalized spacial score (nSPS) is 13.5. The summed E-state index contributed by atoms with van der Waals surface area (Å²) in [5.74, 6) is 1.38. The van der Waals surface area contributed by atoms with Crippen molar-refractivity contribution < 1.29 is 37.8 Å². The fourth-order valence-corrected chi connectivity index (χ4v) is 7.92. The number of ether oxygens (including phenoxy) is 2. The number of hydrogen-bond donors (Lipinski definition) is 3. The topological polar surface area (TPSA) is 234 Å². The molecule has 1 atom stereocenters. The lowest BCUT2D eigenvalue weighted by atomic mass is 9.98. The van der Waals surface area contributed by atoms with Gasteiger partial charge < -0.3 is 32.9 Å². The number of pyridine rings is 1. The maximum atomic E-state index is 13.5. The molecule has 1 aliphatic rings. The predicted octanol–water partition coefficient (Wildman–Crippen LogP) is 6.66. The number of tetrazole rings is 1. The number of benzene rings is 3. The van der Waals surface area contributed by atoms with Crippen molar-refractivity contribution >= 4 is 34.7 Å². The minimum atomic E-state index is -1.41. The Morgan fingerprint density at radius 1 is 0.955 bits per heavy atom. The first-order valence-electron chi connectivity index (χ1n) is 21.1. The Bertz CT molecular complexity index is 2800. The van der Waals surface area contributed by atoms with E-state index in [0.717, 1.165) is 64.1 Å². The van der Waals surface area contributed by atoms with Gasteiger partial charge in [-0.2, -0.15) is 5.21 Å². The van der Waals surface area contributed by atoms with Crippen LogP contribution in [0.25, 0.3) is 22.5 Å². The van der Waals surface area contributed by atoms with E-state index in [9.17, 15) is 24.3 Å². The van der Waals surface area contributed by atoms with Crippen LogP contribution in [0.4, 0.5) is 10.6 Å². The van der Waals surface area contributed by atoms with Crippen molar-refractivity contribution in [2.45, 2.75) is 71.0 Å². The van der Waals surface area contributed by atoms with Gasteiger partial charge in [-0.25, -0.2) is 19.6 Å². The highest BCUT2D eigenvalue weighted by atomic mass is 32.2. The molecule has 1 fully saturated rings. The summed E-state index contributed by atoms with van der Waals surface area (Å²) in [5.41, 5.74) is 3.60. The van der Waals surface area contributed by atoms with E-state index >= 15 is 0 Å². The van der Waals surface area contributed by atoms with Gasteiger partial charge in [-0.15, -0.1) is 10.2 Å². The molecule has 0 saturated carbocycles. The molecule has 0 spiro atoms. The number of aliphatic hydroxyl groups is 1. The lowest BCUT2D eigenvalue weighted by Crippen LogP contribution is -2.25. The van der Waals surface area contributed by atoms with Crippen LogP contribution in [0.15, 0.2) is 111 Å². The molecule has 1 aliphatic heterocycles. The summed E-state index contributed by atoms with van der Waals surface area (Å²) in [4.78, 5) is 58.6. The Hall–Kier alpha value is -7.38. The van der Waals surface area contributed by atoms with Gasteiger partial charge in [-0.1, -0.05) is 85.4 Å². The second-order valence-corrected chi connectivity index (χ2v) is 17.0. The zero-order valence-electron chi connectivity index (χ0n) is 37.0. The summed E-state index contributed by atoms with van der Waals surface area (Å²) in [6.45, 7) is 7.98. The molecule has 8 rings (SSSR count). The van der Waals surface area contributed by atoms with Crippen molar-refractivity contribution in [2.75, 3.05) is 25.1 Å². The van der Waals surface area contributed by atoms with Gasteiger partial charge in [-0.3, -0.25) is 14.9 Å². The summed E-state index contributed by atoms with van der Waals surface area (Å²) in [6, 6.07) is 29.1. The number of esters is 1. The number of rotatable bonds is 17. The molecule has 0 aliphatic carbocycles. The van der Waals surface area contributed by atoms with Crippen molar-refractivity contribution in [2.24, 2.45) is 0 Å². The number of aromatic amines is 1. The summed E-state index contributed by atoms with van der Waals surface area (Å²) >= 11 is 1.05. The molecule has 18 nitrogen and oxygen atoms in total. The molecule has 7 aromatic rings. The Balaban J connectivity index is 0.000000221. The van der Waals surface area contributed by atoms with Crippen LogP contribution in [0.3, 0.4) is 0 Å². The lowest BCUT2D eigenvalue weighted by molar-refractivity contribution is -0.118. The van der Waals surface area contributed by atoms with Gasteiger partial charge in [0.05, 0.1) is 11.8 Å². The van der Waals surface area contributed by atoms with Crippen LogP contribution in [0.5, 0.6) is 5.75 Å². The van der Waals surface area contributed by atoms with Crippen molar-refractivity contribution in [1.82, 2.24) is 40.5 Å². The quantitative estimate of drug-likeness (QED) is 0.0810. The van der Waals surface area contributed by atoms with Crippen LogP contribution in [-0.4, -0.2) is 82.8 Å². The highest BCUT2D eigenvalue weighted by molar-refractivity contribution is 8.15. The van der Waals surface area contributed by atoms with Gasteiger partial charge in [0, 0.05) is 31.8 Å². The number of likely N-dealkylation sites (N-methyl/N-ethyl adjacent to an activating group) is 1. The molecule has 1 unspecified atom stereocenters. The molecule has 0 bridgehead atoms. The van der Waals surface area contributed by atoms with Gasteiger partial charge in [0.15, 0.2) is 23.8 Å². The summed E-state index contributed by atoms with van der Waals surface area (Å²) in [7, 11) is 1.97. The number of H-pyrrole nitrogens is 1. The van der Waals surface area contributed by atoms with Crippen molar-refractivity contribution in [1.29, 1.82) is 0 Å². The van der Waals surface area contributed by atoms with Crippen LogP contribution < -0.4 is 20.8 Å². The number of hydrogen-bond acceptors (Lipinski definition) is 16. The fraction of sp³-hybridized carbons (Fsp3) is 0.298. The van der Waals surface area contributed by atoms with Crippen molar-refractivity contribution in [3.8, 4) is 28.3 Å². The molecule has 19 heteroatoms. The average Bonchev–Trinajstić information content (AvgIpc) is 4.11. The first-order chi connectivity index (χ1) is 31.8. The van der Waals surface area contributed by atoms with Crippen LogP contribution in [0, 0.1) is 6.92 Å². The molecule has 4 aromatic heterocycles. The Kier molecular flexibility index (Phi) is 14.9. The van der Waals surface area contributed by atoms with Gasteiger partial charge in [0.25, 0.3) is 5.24 Å². The fourth-order valence-electron chi connectivity index (χ4n) is 7.06. The number of carbonyl (C=O) groups is 3. The van der Waals surface area contributed by atoms with E-state index in [4.69, 9.17) is 18.3 Å². The molecule has 5 heterocycles. The molecule has 66 heavy (non-hydrogen) atoms. The summed E-state index contributed by atoms with van der Waals surface area (Å²) < 4.78 is 22.9. The van der Waals surface area contributed by atoms with Gasteiger partial charge in [-0.05, 0) is 85.3 Å². The maximum Gasteiger partial charge on any atom is 0.519 e. The predicted molar refractivity (Wildman–Crippen MR) is 245 cm³/mol. The minimum absolute atomic E-state index is 0.115. The number of nitrogens with one attached hydrogen (secondary N) is 2. The molecule has 1 saturated heterocycles. The van der Waals surface area contributed by atoms with Crippen molar-refractivity contribution in [3.63, 3.8) is 0 Å². The van der Waals surface area contributed by atoms with E-state index in [1.165, 1.54) is 0 Å². The molecule has 2 amide bonds. The highest BCUT2D eigenvalue weighted by Crippen LogP contribution is 2.31. The number of imidazole rings is 1. The SMILES string of the molecule is CCCc1nc(C(C)(C)O)c(C(=O)OCc2oc(=O)oc2C)n1Cc1ccc(-c2ccccc2-c2nn[nH]n2)cc1.CN(CCOc1ccc(CC2SC(=O)NC2=O)cc1)c1ccccn1. The minimum Gasteiger partial charge on any atom is -0.492 e. The number of thioether (sulfide) groups is 1. The number of amides is 2. The molecule has 3 aromatic carbocycles. The standard InChI is InChI=1S/C29H30N6O6.C18H19N3O3S/c1-5-8-23-30-25(29(3,4)38)24(27(36)39-16-22-17(2)40-28(37)41-22)35(23)15-18-11-13-19(14-12-18)20-9-6-7-10-21(20)26-31-33-34-32-26;1-21(16-4-2-3-9-19-16)10-11-24-14-7-5-13(6-8-14)12-15-17(22)20-18(23)25-15/h6-7,9-14,38H,5,8,15-16H2,1-4H3,(H,31,32,33,34);2-9,15H,10-12H2,1H3,(H,20,22,23). The van der Waals surface area contributed by atoms with E-state index in [0.29, 0.717) is 37.6 Å². The largest absolute Gasteiger partial charge is 0.519 e. The van der Waals surface area contributed by atoms with Crippen LogP contribution in [-0.2, 0) is 41.1 Å². The number of aromatic nitrogens is 7. The van der Waals surface area contributed by atoms with Crippen LogP contribution in [0.2, 0.25) is 0 Å². The third-order valence-electron chi connectivity index (χ3n) is 10.4. The third-order valence-corrected chi connectivity index (χ3v) is 11.4. The highest BCUT2D eigenvalue weighted by Gasteiger charge is 2.33. The zero-order chi connectivity index (χ0) is 46.8. The van der Waals surface area contributed by atoms with Crippen molar-refractivity contribution in [3.05, 3.63) is 148 Å². The Labute approximate surface area is 383 Å². The Morgan fingerprint density at radius 3 is 2.30 bits per heavy atom. The first-order valence-corrected chi connectivity index (χ1v) is 22.0. The number of aryl methyl sites for hydroxylation is 2. The molecule has 0 radical (unpaired) electrons. The van der Waals surface area contributed by atoms with Crippen LogP contribution >= 0.6 is 11.8 Å². The van der Waals surface area contributed by atoms with Gasteiger partial charge >= 0.3 is 11.8 Å². The summed E-state index contributed by atoms with van der Waals surface area (Å²) in [6.07, 6.45) is 3.66. The van der Waals surface area contributed by atoms with E-state index in [1.807, 2.05) is 110 Å². The molecule has 3 N–H and O–H groups in total. The third kappa shape index (κ3) is 11.6. The first kappa shape index (κ1) is 46.6. The molecular weight excluding hydrogens is 867 g/mol. The molecular formula is C47H49N9O9S. The number of imide groups is 1. The second-order valence-electron chi connectivity index (χ2n) is 15.8. The number of carbonyl (C=O) groups excluding carboxylic acids is 3. The lowest BCUT2D eigenvalue weighted by Gasteiger charge is -2.18. The monoisotopic (exact) mass is 915 g/mol. The number of anilines is 1. The average molecular weight is 916 g/mol. The number of nitrogens with zero attached hydrogens (tertiary/aromatic N) is 7. The van der Waals surface area contributed by atoms with E-state index in [1.54, 1.807) is 31.5 Å². The van der Waals surface area contributed by atoms with Gasteiger partial charge in [0.1, 0.15) is 35.3 Å². The zero-order valence-corrected chi connectivity index (χ0v) is 37.8.